The van der Waals surface area contributed by atoms with Gasteiger partial charge in [0.1, 0.15) is 21.8 Å². The zero-order valence-corrected chi connectivity index (χ0v) is 22.2. The van der Waals surface area contributed by atoms with Crippen LogP contribution in [0.1, 0.15) is 6.92 Å². The zero-order chi connectivity index (χ0) is 29.4. The summed E-state index contributed by atoms with van der Waals surface area (Å²) < 4.78 is 38.6. The fraction of sp³-hybridized carbons (Fsp3) is 0.375. The highest BCUT2D eigenvalue weighted by molar-refractivity contribution is 7.07. The molecule has 12 nitrogen and oxygen atoms in total. The lowest BCUT2D eigenvalue weighted by Gasteiger charge is -2.33. The average molecular weight is 581 g/mol. The van der Waals surface area contributed by atoms with Crippen molar-refractivity contribution in [1.82, 2.24) is 19.7 Å². The van der Waals surface area contributed by atoms with Crippen LogP contribution >= 0.6 is 11.3 Å². The fourth-order valence-electron chi connectivity index (χ4n) is 3.82. The Morgan fingerprint density at radius 1 is 1.18 bits per heavy atom. The first-order valence-corrected chi connectivity index (χ1v) is 12.9. The molecule has 40 heavy (non-hydrogen) atoms. The number of urea groups is 1. The van der Waals surface area contributed by atoms with E-state index in [1.807, 2.05) is 4.90 Å². The van der Waals surface area contributed by atoms with Crippen molar-refractivity contribution in [3.8, 4) is 6.07 Å². The quantitative estimate of drug-likeness (QED) is 0.335. The molecule has 1 fully saturated rings. The van der Waals surface area contributed by atoms with Gasteiger partial charge < -0.3 is 26.6 Å². The molecular weight excluding hydrogens is 553 g/mol. The Labute approximate surface area is 230 Å². The molecular formula is C24H27F3N8O4S. The lowest BCUT2D eigenvalue weighted by molar-refractivity contribution is -0.135. The second-order valence-corrected chi connectivity index (χ2v) is 9.66. The third-order valence-corrected chi connectivity index (χ3v) is 6.92. The van der Waals surface area contributed by atoms with Gasteiger partial charge in [-0.25, -0.2) is 4.79 Å². The van der Waals surface area contributed by atoms with Gasteiger partial charge in [0.15, 0.2) is 5.57 Å². The van der Waals surface area contributed by atoms with E-state index in [0.717, 1.165) is 15.9 Å². The van der Waals surface area contributed by atoms with Crippen molar-refractivity contribution in [2.45, 2.75) is 19.6 Å². The summed E-state index contributed by atoms with van der Waals surface area (Å²) in [5, 5.41) is 16.8. The molecule has 1 aliphatic rings. The molecule has 1 aromatic carbocycles. The molecule has 0 saturated carbocycles. The molecule has 1 aliphatic heterocycles. The topological polar surface area (TPSA) is 166 Å². The largest absolute Gasteiger partial charge is 0.405 e. The number of benzene rings is 1. The highest BCUT2D eigenvalue weighted by Gasteiger charge is 2.29. The number of nitriles is 1. The van der Waals surface area contributed by atoms with Crippen molar-refractivity contribution < 1.29 is 27.6 Å². The van der Waals surface area contributed by atoms with E-state index in [9.17, 15) is 37.6 Å². The maximum Gasteiger partial charge on any atom is 0.405 e. The molecule has 214 valence electrons. The summed E-state index contributed by atoms with van der Waals surface area (Å²) in [6, 6.07) is 7.76. The Bertz CT molecular complexity index is 1490. The monoisotopic (exact) mass is 580 g/mol. The van der Waals surface area contributed by atoms with Gasteiger partial charge in [0.25, 0.3) is 11.5 Å². The number of carbonyl (C=O) groups is 3. The predicted octanol–water partition coefficient (Wildman–Crippen LogP) is -0.233. The zero-order valence-electron chi connectivity index (χ0n) is 21.4. The lowest BCUT2D eigenvalue weighted by Crippen LogP contribution is -2.51. The van der Waals surface area contributed by atoms with E-state index in [4.69, 9.17) is 5.73 Å². The van der Waals surface area contributed by atoms with Gasteiger partial charge in [-0.05, 0) is 25.1 Å². The number of rotatable bonds is 8. The van der Waals surface area contributed by atoms with E-state index in [1.54, 1.807) is 42.6 Å². The summed E-state index contributed by atoms with van der Waals surface area (Å²) in [4.78, 5) is 52.2. The van der Waals surface area contributed by atoms with Crippen LogP contribution in [0, 0.1) is 11.3 Å². The van der Waals surface area contributed by atoms with Crippen LogP contribution in [0.2, 0.25) is 0 Å². The van der Waals surface area contributed by atoms with Crippen LogP contribution < -0.4 is 36.4 Å². The number of nitrogens with two attached hydrogens (primary N) is 1. The Hall–Kier alpha value is -4.36. The summed E-state index contributed by atoms with van der Waals surface area (Å²) in [5.74, 6) is -1.49. The number of hydrogen-bond donors (Lipinski definition) is 4. The summed E-state index contributed by atoms with van der Waals surface area (Å²) in [5.41, 5.74) is 5.13. The maximum absolute atomic E-state index is 12.8. The number of thiazole rings is 1. The van der Waals surface area contributed by atoms with Gasteiger partial charge in [-0.1, -0.05) is 6.07 Å². The van der Waals surface area contributed by atoms with Crippen molar-refractivity contribution in [3.05, 3.63) is 43.8 Å². The lowest BCUT2D eigenvalue weighted by atomic mass is 10.2. The molecule has 0 spiro atoms. The van der Waals surface area contributed by atoms with Crippen molar-refractivity contribution in [2.24, 2.45) is 5.73 Å². The third-order valence-electron chi connectivity index (χ3n) is 5.79. The molecule has 0 unspecified atom stereocenters. The van der Waals surface area contributed by atoms with Crippen LogP contribution in [0.3, 0.4) is 0 Å². The normalized spacial score (nSPS) is 15.3. The van der Waals surface area contributed by atoms with Crippen molar-refractivity contribution in [1.29, 1.82) is 5.26 Å². The third kappa shape index (κ3) is 8.07. The Balaban J connectivity index is 1.74. The number of primary amides is 1. The molecule has 0 atom stereocenters. The number of nitrogens with one attached hydrogen (secondary N) is 3. The minimum Gasteiger partial charge on any atom is -0.360 e. The number of anilines is 2. The molecule has 2 aromatic rings. The number of halogens is 3. The number of hydrogen-bond acceptors (Lipinski definition) is 8. The molecule has 0 aliphatic carbocycles. The molecule has 4 amide bonds. The second-order valence-electron chi connectivity index (χ2n) is 8.62. The fourth-order valence-corrected chi connectivity index (χ4v) is 4.91. The Kier molecular flexibility index (Phi) is 9.91. The summed E-state index contributed by atoms with van der Waals surface area (Å²) >= 11 is 0.784. The molecule has 3 rings (SSSR count). The minimum atomic E-state index is -4.66. The molecule has 5 N–H and O–H groups in total. The highest BCUT2D eigenvalue weighted by Crippen LogP contribution is 2.15. The van der Waals surface area contributed by atoms with Gasteiger partial charge >= 0.3 is 12.2 Å². The number of carbonyl (C=O) groups excluding carboxylic acids is 3. The van der Waals surface area contributed by atoms with Crippen molar-refractivity contribution in [2.75, 3.05) is 49.9 Å². The van der Waals surface area contributed by atoms with Gasteiger partial charge in [-0.15, -0.1) is 11.3 Å². The van der Waals surface area contributed by atoms with Gasteiger partial charge in [-0.2, -0.15) is 18.4 Å². The Morgan fingerprint density at radius 3 is 2.45 bits per heavy atom. The molecule has 1 aromatic heterocycles. The van der Waals surface area contributed by atoms with Crippen LogP contribution in [0.4, 0.5) is 29.3 Å². The second kappa shape index (κ2) is 13.1. The van der Waals surface area contributed by atoms with E-state index >= 15 is 0 Å². The molecule has 0 radical (unpaired) electrons. The standard InChI is InChI=1S/C24H27F3N8O4S/c1-2-35-21(38)18(40-22(35)17(11-28)20(37)31-14-24(25,26)27)12-30-15-4-3-5-16(10-15)32-19(36)13-33-6-8-34(9-7-33)23(29)39/h3-5,10,12,30H,2,6-9,13-14H2,1H3,(H2,29,39)(H,31,37)(H,32,36)/b18-12+,22-17-. The van der Waals surface area contributed by atoms with E-state index in [1.165, 1.54) is 11.1 Å². The van der Waals surface area contributed by atoms with Crippen LogP contribution in [0.15, 0.2) is 29.1 Å². The van der Waals surface area contributed by atoms with Gasteiger partial charge in [-0.3, -0.25) is 23.9 Å². The number of piperazine rings is 1. The number of alkyl halides is 3. The first-order valence-electron chi connectivity index (χ1n) is 12.0. The number of nitrogens with zero attached hydrogens (tertiary/aromatic N) is 4. The van der Waals surface area contributed by atoms with Crippen LogP contribution in [-0.4, -0.2) is 77.7 Å². The number of aromatic nitrogens is 1. The SMILES string of the molecule is CCn1c(=O)/c(=C\Nc2cccc(NC(=O)CN3CCN(C(N)=O)CC3)c2)s/c1=C(/C#N)C(=O)NCC(F)(F)F. The molecule has 0 bridgehead atoms. The van der Waals surface area contributed by atoms with Crippen LogP contribution in [-0.2, 0) is 16.1 Å². The van der Waals surface area contributed by atoms with Crippen LogP contribution in [0.25, 0.3) is 11.8 Å². The minimum absolute atomic E-state index is 0.0691. The Morgan fingerprint density at radius 2 is 1.85 bits per heavy atom. The van der Waals surface area contributed by atoms with Gasteiger partial charge in [0.05, 0.1) is 6.54 Å². The van der Waals surface area contributed by atoms with E-state index in [-0.39, 0.29) is 28.2 Å². The van der Waals surface area contributed by atoms with Gasteiger partial charge in [0, 0.05) is 50.3 Å². The first-order chi connectivity index (χ1) is 18.9. The number of amides is 4. The van der Waals surface area contributed by atoms with E-state index in [0.29, 0.717) is 37.6 Å². The molecule has 16 heteroatoms. The van der Waals surface area contributed by atoms with E-state index in [2.05, 4.69) is 10.6 Å². The molecule has 1 saturated heterocycles. The highest BCUT2D eigenvalue weighted by atomic mass is 32.1. The predicted molar refractivity (Wildman–Crippen MR) is 142 cm³/mol. The first kappa shape index (κ1) is 30.2. The summed E-state index contributed by atoms with van der Waals surface area (Å²) in [7, 11) is 0. The smallest absolute Gasteiger partial charge is 0.360 e. The maximum atomic E-state index is 12.8. The summed E-state index contributed by atoms with van der Waals surface area (Å²) in [6.45, 7) is 2.09. The van der Waals surface area contributed by atoms with Crippen LogP contribution in [0.5, 0.6) is 0 Å². The van der Waals surface area contributed by atoms with Crippen molar-refractivity contribution >= 4 is 52.3 Å². The average Bonchev–Trinajstić information content (AvgIpc) is 3.21. The molecule has 2 heterocycles. The van der Waals surface area contributed by atoms with E-state index < -0.39 is 35.8 Å². The van der Waals surface area contributed by atoms with Gasteiger partial charge in [0.2, 0.25) is 5.91 Å². The summed E-state index contributed by atoms with van der Waals surface area (Å²) in [6.07, 6.45) is -3.31. The van der Waals surface area contributed by atoms with Crippen molar-refractivity contribution in [3.63, 3.8) is 0 Å².